The predicted octanol–water partition coefficient (Wildman–Crippen LogP) is 1.74. The van der Waals surface area contributed by atoms with Crippen molar-refractivity contribution in [3.05, 3.63) is 35.6 Å². The van der Waals surface area contributed by atoms with E-state index in [2.05, 4.69) is 10.3 Å². The van der Waals surface area contributed by atoms with Crippen LogP contribution in [-0.4, -0.2) is 24.2 Å². The van der Waals surface area contributed by atoms with Crippen molar-refractivity contribution in [1.82, 2.24) is 5.32 Å². The van der Waals surface area contributed by atoms with Gasteiger partial charge >= 0.3 is 0 Å². The second-order valence-corrected chi connectivity index (χ2v) is 5.66. The van der Waals surface area contributed by atoms with E-state index in [4.69, 9.17) is 5.73 Å². The molecule has 0 amide bonds. The predicted molar refractivity (Wildman–Crippen MR) is 77.8 cm³/mol. The van der Waals surface area contributed by atoms with Gasteiger partial charge in [-0.1, -0.05) is 18.6 Å². The van der Waals surface area contributed by atoms with Crippen molar-refractivity contribution in [1.29, 1.82) is 0 Å². The van der Waals surface area contributed by atoms with Crippen molar-refractivity contribution >= 4 is 5.96 Å². The van der Waals surface area contributed by atoms with Crippen LogP contribution in [0.2, 0.25) is 0 Å². The Balaban J connectivity index is 1.87. The van der Waals surface area contributed by atoms with Crippen LogP contribution in [0.3, 0.4) is 0 Å². The summed E-state index contributed by atoms with van der Waals surface area (Å²) in [5.41, 5.74) is 5.24. The van der Waals surface area contributed by atoms with Gasteiger partial charge in [-0.2, -0.15) is 0 Å². The van der Waals surface area contributed by atoms with Crippen LogP contribution < -0.4 is 11.1 Å². The molecule has 1 unspecified atom stereocenters. The number of aliphatic imine (C=N–C) groups is 1. The van der Waals surface area contributed by atoms with E-state index in [-0.39, 0.29) is 12.4 Å². The molecule has 1 aliphatic carbocycles. The second-order valence-electron chi connectivity index (χ2n) is 5.66. The van der Waals surface area contributed by atoms with Crippen molar-refractivity contribution < 1.29 is 9.50 Å². The number of hydrogen-bond acceptors (Lipinski definition) is 2. The minimum atomic E-state index is -1.16. The number of nitrogens with two attached hydrogens (primary N) is 1. The lowest BCUT2D eigenvalue weighted by molar-refractivity contribution is 0.0672. The normalized spacial score (nSPS) is 19.2. The first kappa shape index (κ1) is 14.8. The fourth-order valence-electron chi connectivity index (χ4n) is 2.14. The molecule has 0 saturated heterocycles. The van der Waals surface area contributed by atoms with Gasteiger partial charge in [0.15, 0.2) is 5.96 Å². The monoisotopic (exact) mass is 279 g/mol. The Hall–Kier alpha value is -1.62. The van der Waals surface area contributed by atoms with Gasteiger partial charge in [-0.3, -0.25) is 4.99 Å². The van der Waals surface area contributed by atoms with E-state index in [1.54, 1.807) is 19.1 Å². The zero-order chi connectivity index (χ0) is 14.6. The number of guanidine groups is 1. The Morgan fingerprint density at radius 2 is 2.10 bits per heavy atom. The highest BCUT2D eigenvalue weighted by Gasteiger charge is 2.23. The molecule has 2 rings (SSSR count). The lowest BCUT2D eigenvalue weighted by Gasteiger charge is -2.26. The maximum absolute atomic E-state index is 12.9. The van der Waals surface area contributed by atoms with E-state index in [0.717, 1.165) is 6.54 Å². The van der Waals surface area contributed by atoms with Crippen molar-refractivity contribution in [2.24, 2.45) is 16.6 Å². The van der Waals surface area contributed by atoms with E-state index in [9.17, 15) is 9.50 Å². The van der Waals surface area contributed by atoms with Gasteiger partial charge in [-0.25, -0.2) is 4.39 Å². The molecule has 1 saturated carbocycles. The van der Waals surface area contributed by atoms with Crippen LogP contribution in [0, 0.1) is 11.7 Å². The molecular formula is C15H22FN3O. The summed E-state index contributed by atoms with van der Waals surface area (Å²) in [7, 11) is 0. The quantitative estimate of drug-likeness (QED) is 0.568. The number of hydrogen-bond donors (Lipinski definition) is 3. The number of benzene rings is 1. The summed E-state index contributed by atoms with van der Waals surface area (Å²) < 4.78 is 12.9. The van der Waals surface area contributed by atoms with E-state index < -0.39 is 5.60 Å². The van der Waals surface area contributed by atoms with Crippen LogP contribution in [0.15, 0.2) is 29.3 Å². The standard InChI is InChI=1S/C15H22FN3O/c1-15(20,12-5-7-13(16)8-6-12)10-19-14(17)18-9-11-3-2-4-11/h5-8,11,20H,2-4,9-10H2,1H3,(H3,17,18,19). The average molecular weight is 279 g/mol. The van der Waals surface area contributed by atoms with E-state index >= 15 is 0 Å². The number of nitrogens with one attached hydrogen (secondary N) is 1. The van der Waals surface area contributed by atoms with Gasteiger partial charge in [0.05, 0.1) is 6.54 Å². The molecule has 0 aromatic heterocycles. The summed E-state index contributed by atoms with van der Waals surface area (Å²) in [6.45, 7) is 2.62. The van der Waals surface area contributed by atoms with Crippen LogP contribution in [0.5, 0.6) is 0 Å². The molecule has 0 heterocycles. The molecule has 1 fully saturated rings. The first-order chi connectivity index (χ1) is 9.47. The van der Waals surface area contributed by atoms with Crippen molar-refractivity contribution in [3.8, 4) is 0 Å². The molecule has 4 nitrogen and oxygen atoms in total. The number of aliphatic hydroxyl groups is 1. The highest BCUT2D eigenvalue weighted by molar-refractivity contribution is 5.77. The molecular weight excluding hydrogens is 257 g/mol. The maximum atomic E-state index is 12.9. The van der Waals surface area contributed by atoms with Crippen LogP contribution in [0.4, 0.5) is 4.39 Å². The molecule has 1 aromatic carbocycles. The summed E-state index contributed by atoms with van der Waals surface area (Å²) in [6.07, 6.45) is 3.78. The zero-order valence-corrected chi connectivity index (χ0v) is 11.8. The first-order valence-electron chi connectivity index (χ1n) is 6.99. The van der Waals surface area contributed by atoms with Gasteiger partial charge in [0.25, 0.3) is 0 Å². The fraction of sp³-hybridized carbons (Fsp3) is 0.533. The molecule has 0 aliphatic heterocycles. The number of nitrogens with zero attached hydrogens (tertiary/aromatic N) is 1. The smallest absolute Gasteiger partial charge is 0.188 e. The minimum absolute atomic E-state index is 0.141. The third-order valence-electron chi connectivity index (χ3n) is 3.82. The Kier molecular flexibility index (Phi) is 4.60. The Morgan fingerprint density at radius 3 is 2.65 bits per heavy atom. The molecule has 1 aliphatic rings. The highest BCUT2D eigenvalue weighted by Crippen LogP contribution is 2.25. The van der Waals surface area contributed by atoms with Gasteiger partial charge in [0, 0.05) is 6.54 Å². The van der Waals surface area contributed by atoms with Crippen molar-refractivity contribution in [2.75, 3.05) is 13.1 Å². The SMILES string of the molecule is CC(O)(CN=C(N)NCC1CCC1)c1ccc(F)cc1. The molecule has 1 aromatic rings. The Labute approximate surface area is 118 Å². The molecule has 20 heavy (non-hydrogen) atoms. The topological polar surface area (TPSA) is 70.6 Å². The average Bonchev–Trinajstić information content (AvgIpc) is 2.35. The van der Waals surface area contributed by atoms with E-state index in [1.165, 1.54) is 31.4 Å². The van der Waals surface area contributed by atoms with E-state index in [1.807, 2.05) is 0 Å². The largest absolute Gasteiger partial charge is 0.384 e. The molecule has 4 N–H and O–H groups in total. The number of rotatable bonds is 5. The molecule has 5 heteroatoms. The van der Waals surface area contributed by atoms with Gasteiger partial charge in [-0.05, 0) is 43.4 Å². The van der Waals surface area contributed by atoms with E-state index in [0.29, 0.717) is 17.4 Å². The fourth-order valence-corrected chi connectivity index (χ4v) is 2.14. The van der Waals surface area contributed by atoms with Crippen LogP contribution in [0.25, 0.3) is 0 Å². The van der Waals surface area contributed by atoms with Gasteiger partial charge in [0.1, 0.15) is 11.4 Å². The molecule has 1 atom stereocenters. The summed E-state index contributed by atoms with van der Waals surface area (Å²) in [4.78, 5) is 4.16. The summed E-state index contributed by atoms with van der Waals surface area (Å²) in [5, 5.41) is 13.4. The molecule has 0 bridgehead atoms. The third-order valence-corrected chi connectivity index (χ3v) is 3.82. The molecule has 110 valence electrons. The van der Waals surface area contributed by atoms with Crippen molar-refractivity contribution in [3.63, 3.8) is 0 Å². The highest BCUT2D eigenvalue weighted by atomic mass is 19.1. The lowest BCUT2D eigenvalue weighted by atomic mass is 9.85. The van der Waals surface area contributed by atoms with Crippen LogP contribution in [-0.2, 0) is 5.60 Å². The minimum Gasteiger partial charge on any atom is -0.384 e. The summed E-state index contributed by atoms with van der Waals surface area (Å²) in [6, 6.07) is 5.77. The molecule has 0 radical (unpaired) electrons. The maximum Gasteiger partial charge on any atom is 0.188 e. The summed E-state index contributed by atoms with van der Waals surface area (Å²) in [5.74, 6) is 0.718. The Bertz CT molecular complexity index is 467. The first-order valence-corrected chi connectivity index (χ1v) is 6.99. The van der Waals surface area contributed by atoms with Crippen LogP contribution >= 0.6 is 0 Å². The van der Waals surface area contributed by atoms with Gasteiger partial charge < -0.3 is 16.2 Å². The number of halogens is 1. The van der Waals surface area contributed by atoms with Crippen molar-refractivity contribution in [2.45, 2.75) is 31.8 Å². The summed E-state index contributed by atoms with van der Waals surface area (Å²) >= 11 is 0. The lowest BCUT2D eigenvalue weighted by Crippen LogP contribution is -2.38. The van der Waals surface area contributed by atoms with Gasteiger partial charge in [-0.15, -0.1) is 0 Å². The van der Waals surface area contributed by atoms with Gasteiger partial charge in [0.2, 0.25) is 0 Å². The third kappa shape index (κ3) is 3.93. The van der Waals surface area contributed by atoms with Crippen LogP contribution in [0.1, 0.15) is 31.7 Å². The zero-order valence-electron chi connectivity index (χ0n) is 11.8. The molecule has 0 spiro atoms. The Morgan fingerprint density at radius 1 is 1.45 bits per heavy atom. The second kappa shape index (κ2) is 6.22.